The third-order valence-corrected chi connectivity index (χ3v) is 6.67. The molecule has 0 fully saturated rings. The zero-order valence-electron chi connectivity index (χ0n) is 17.1. The molecule has 158 valence electrons. The topological polar surface area (TPSA) is 84.6 Å². The van der Waals surface area contributed by atoms with E-state index < -0.39 is 0 Å². The Morgan fingerprint density at radius 1 is 1.16 bits per heavy atom. The summed E-state index contributed by atoms with van der Waals surface area (Å²) < 4.78 is 11.8. The Morgan fingerprint density at radius 3 is 2.65 bits per heavy atom. The number of allylic oxidation sites excluding steroid dienone is 2. The molecule has 1 aromatic heterocycles. The van der Waals surface area contributed by atoms with Crippen LogP contribution in [0, 0.1) is 6.92 Å². The van der Waals surface area contributed by atoms with Gasteiger partial charge in [0.2, 0.25) is 5.88 Å². The van der Waals surface area contributed by atoms with Gasteiger partial charge in [-0.2, -0.15) is 0 Å². The van der Waals surface area contributed by atoms with Crippen LogP contribution in [0.25, 0.3) is 0 Å². The number of ether oxygens (including phenoxy) is 1. The van der Waals surface area contributed by atoms with E-state index in [2.05, 4.69) is 26.4 Å². The lowest BCUT2D eigenvalue weighted by molar-refractivity contribution is -0.116. The van der Waals surface area contributed by atoms with E-state index in [0.29, 0.717) is 24.5 Å². The van der Waals surface area contributed by atoms with E-state index in [4.69, 9.17) is 9.26 Å². The number of phenolic OH excluding ortho intramolecular Hbond substituents is 1. The monoisotopic (exact) mass is 480 g/mol. The van der Waals surface area contributed by atoms with Crippen molar-refractivity contribution in [2.24, 2.45) is 0 Å². The second kappa shape index (κ2) is 7.57. The Morgan fingerprint density at radius 2 is 1.90 bits per heavy atom. The van der Waals surface area contributed by atoms with Crippen molar-refractivity contribution in [2.45, 2.75) is 31.6 Å². The fourth-order valence-corrected chi connectivity index (χ4v) is 4.91. The van der Waals surface area contributed by atoms with Gasteiger partial charge in [0.1, 0.15) is 0 Å². The molecule has 0 amide bonds. The first-order valence-corrected chi connectivity index (χ1v) is 10.9. The Kier molecular flexibility index (Phi) is 4.85. The molecule has 2 atom stereocenters. The summed E-state index contributed by atoms with van der Waals surface area (Å²) >= 11 is 3.49. The summed E-state index contributed by atoms with van der Waals surface area (Å²) in [7, 11) is 1.52. The van der Waals surface area contributed by atoms with Crippen molar-refractivity contribution in [1.82, 2.24) is 5.16 Å². The van der Waals surface area contributed by atoms with E-state index in [0.717, 1.165) is 38.1 Å². The maximum Gasteiger partial charge on any atom is 0.233 e. The minimum absolute atomic E-state index is 0.0237. The molecule has 0 radical (unpaired) electrons. The average molecular weight is 481 g/mol. The predicted molar refractivity (Wildman–Crippen MR) is 120 cm³/mol. The highest BCUT2D eigenvalue weighted by molar-refractivity contribution is 9.10. The Balaban J connectivity index is 1.59. The second-order valence-corrected chi connectivity index (χ2v) is 8.89. The van der Waals surface area contributed by atoms with Gasteiger partial charge in [0, 0.05) is 28.1 Å². The highest BCUT2D eigenvalue weighted by Crippen LogP contribution is 2.49. The van der Waals surface area contributed by atoms with Crippen LogP contribution < -0.4 is 10.1 Å². The van der Waals surface area contributed by atoms with Crippen molar-refractivity contribution in [2.75, 3.05) is 12.4 Å². The van der Waals surface area contributed by atoms with Gasteiger partial charge in [-0.1, -0.05) is 39.3 Å². The molecule has 31 heavy (non-hydrogen) atoms. The van der Waals surface area contributed by atoms with Crippen LogP contribution in [0.1, 0.15) is 47.1 Å². The highest BCUT2D eigenvalue weighted by atomic mass is 79.9. The number of nitrogens with one attached hydrogen (secondary N) is 1. The van der Waals surface area contributed by atoms with Gasteiger partial charge in [0.05, 0.1) is 18.4 Å². The lowest BCUT2D eigenvalue weighted by atomic mass is 9.72. The molecule has 2 heterocycles. The number of aryl methyl sites for hydroxylation is 1. The maximum atomic E-state index is 13.5. The smallest absolute Gasteiger partial charge is 0.233 e. The van der Waals surface area contributed by atoms with Gasteiger partial charge in [-0.05, 0) is 54.7 Å². The summed E-state index contributed by atoms with van der Waals surface area (Å²) in [5.74, 6) is 0.951. The van der Waals surface area contributed by atoms with Gasteiger partial charge in [-0.15, -0.1) is 0 Å². The number of halogens is 1. The molecular weight excluding hydrogens is 460 g/mol. The normalized spacial score (nSPS) is 20.2. The van der Waals surface area contributed by atoms with Crippen LogP contribution in [-0.4, -0.2) is 23.2 Å². The van der Waals surface area contributed by atoms with Crippen molar-refractivity contribution in [1.29, 1.82) is 0 Å². The second-order valence-electron chi connectivity index (χ2n) is 7.97. The number of methoxy groups -OCH3 is 1. The van der Waals surface area contributed by atoms with E-state index >= 15 is 0 Å². The molecule has 1 aliphatic heterocycles. The molecule has 0 saturated heterocycles. The average Bonchev–Trinajstić information content (AvgIpc) is 3.13. The van der Waals surface area contributed by atoms with Crippen LogP contribution in [0.15, 0.2) is 62.7 Å². The first-order valence-electron chi connectivity index (χ1n) is 10.1. The Bertz CT molecular complexity index is 1210. The lowest BCUT2D eigenvalue weighted by Crippen LogP contribution is -2.29. The van der Waals surface area contributed by atoms with Gasteiger partial charge in [-0.3, -0.25) is 4.79 Å². The molecule has 0 spiro atoms. The summed E-state index contributed by atoms with van der Waals surface area (Å²) in [6.07, 6.45) is 1.04. The van der Waals surface area contributed by atoms with Gasteiger partial charge in [-0.25, -0.2) is 0 Å². The van der Waals surface area contributed by atoms with Crippen LogP contribution in [0.5, 0.6) is 11.5 Å². The number of aromatic nitrogens is 1. The standard InChI is InChI=1S/C24H21BrN2O4/c1-12-21-22(13-3-6-16(25)7-4-13)23-17(26-24(21)31-27-12)9-15(10-19(23)29)14-5-8-18(28)20(11-14)30-2/h3-8,11,15,22,26,28H,9-10H2,1-2H3. The molecule has 3 aromatic rings. The number of carbonyl (C=O) groups excluding carboxylic acids is 1. The third kappa shape index (κ3) is 3.33. The molecule has 6 nitrogen and oxygen atoms in total. The van der Waals surface area contributed by atoms with Crippen LogP contribution in [0.2, 0.25) is 0 Å². The van der Waals surface area contributed by atoms with E-state index in [1.807, 2.05) is 37.3 Å². The molecule has 2 aliphatic rings. The number of hydrogen-bond acceptors (Lipinski definition) is 6. The number of Topliss-reactive ketones (excluding diaryl/α,β-unsaturated/α-hetero) is 1. The fourth-order valence-electron chi connectivity index (χ4n) is 4.64. The number of rotatable bonds is 3. The number of aromatic hydroxyl groups is 1. The number of carbonyl (C=O) groups is 1. The first-order chi connectivity index (χ1) is 15.0. The van der Waals surface area contributed by atoms with Gasteiger partial charge < -0.3 is 19.7 Å². The van der Waals surface area contributed by atoms with Gasteiger partial charge in [0.25, 0.3) is 0 Å². The summed E-state index contributed by atoms with van der Waals surface area (Å²) in [5.41, 5.74) is 5.33. The molecule has 2 N–H and O–H groups in total. The summed E-state index contributed by atoms with van der Waals surface area (Å²) in [6, 6.07) is 13.3. The Labute approximate surface area is 188 Å². The zero-order chi connectivity index (χ0) is 21.7. The van der Waals surface area contributed by atoms with Gasteiger partial charge in [0.15, 0.2) is 17.3 Å². The number of nitrogens with zero attached hydrogens (tertiary/aromatic N) is 1. The van der Waals surface area contributed by atoms with Crippen LogP contribution in [0.4, 0.5) is 5.88 Å². The summed E-state index contributed by atoms with van der Waals surface area (Å²) in [4.78, 5) is 13.5. The zero-order valence-corrected chi connectivity index (χ0v) is 18.7. The molecule has 0 saturated carbocycles. The molecule has 2 aromatic carbocycles. The highest BCUT2D eigenvalue weighted by Gasteiger charge is 2.41. The van der Waals surface area contributed by atoms with Crippen molar-refractivity contribution >= 4 is 27.6 Å². The number of anilines is 1. The van der Waals surface area contributed by atoms with Gasteiger partial charge >= 0.3 is 0 Å². The minimum atomic E-state index is -0.214. The molecule has 7 heteroatoms. The summed E-state index contributed by atoms with van der Waals surface area (Å²) in [5, 5.41) is 17.4. The van der Waals surface area contributed by atoms with E-state index in [-0.39, 0.29) is 23.4 Å². The fraction of sp³-hybridized carbons (Fsp3) is 0.250. The van der Waals surface area contributed by atoms with Crippen molar-refractivity contribution in [3.8, 4) is 11.5 Å². The predicted octanol–water partition coefficient (Wildman–Crippen LogP) is 5.42. The van der Waals surface area contributed by atoms with Crippen molar-refractivity contribution in [3.05, 3.63) is 80.6 Å². The Hall–Kier alpha value is -3.06. The van der Waals surface area contributed by atoms with E-state index in [9.17, 15) is 9.90 Å². The summed E-state index contributed by atoms with van der Waals surface area (Å²) in [6.45, 7) is 1.90. The number of ketones is 1. The molecule has 1 aliphatic carbocycles. The van der Waals surface area contributed by atoms with E-state index in [1.165, 1.54) is 7.11 Å². The van der Waals surface area contributed by atoms with Crippen LogP contribution >= 0.6 is 15.9 Å². The van der Waals surface area contributed by atoms with Crippen molar-refractivity contribution in [3.63, 3.8) is 0 Å². The van der Waals surface area contributed by atoms with Crippen LogP contribution in [0.3, 0.4) is 0 Å². The van der Waals surface area contributed by atoms with Crippen LogP contribution in [-0.2, 0) is 4.79 Å². The van der Waals surface area contributed by atoms with Crippen molar-refractivity contribution < 1.29 is 19.2 Å². The third-order valence-electron chi connectivity index (χ3n) is 6.14. The first kappa shape index (κ1) is 19.9. The minimum Gasteiger partial charge on any atom is -0.504 e. The number of phenols is 1. The molecule has 5 rings (SSSR count). The lowest BCUT2D eigenvalue weighted by Gasteiger charge is -2.34. The quantitative estimate of drug-likeness (QED) is 0.520. The largest absolute Gasteiger partial charge is 0.504 e. The maximum absolute atomic E-state index is 13.5. The number of benzene rings is 2. The molecular formula is C24H21BrN2O4. The SMILES string of the molecule is COc1cc(C2CC(=O)C3=C(C2)Nc2onc(C)c2C3c2ccc(Br)cc2)ccc1O. The number of fused-ring (bicyclic) bond motifs is 1. The number of hydrogen-bond donors (Lipinski definition) is 2. The molecule has 2 unspecified atom stereocenters. The van der Waals surface area contributed by atoms with E-state index in [1.54, 1.807) is 12.1 Å². The molecule has 0 bridgehead atoms.